The fourth-order valence-corrected chi connectivity index (χ4v) is 3.93. The zero-order chi connectivity index (χ0) is 19.4. The van der Waals surface area contributed by atoms with Crippen molar-refractivity contribution in [2.24, 2.45) is 5.92 Å². The Hall–Kier alpha value is -2.48. The highest BCUT2D eigenvalue weighted by molar-refractivity contribution is 5.53. The molecule has 26 heavy (non-hydrogen) atoms. The van der Waals surface area contributed by atoms with Crippen LogP contribution in [0.2, 0.25) is 0 Å². The molecule has 0 saturated heterocycles. The number of phenols is 2. The molecular weight excluding hydrogens is 320 g/mol. The highest BCUT2D eigenvalue weighted by Crippen LogP contribution is 2.45. The summed E-state index contributed by atoms with van der Waals surface area (Å²) in [6.45, 7) is 15.7. The quantitative estimate of drug-likeness (QED) is 0.581. The Morgan fingerprint density at radius 3 is 1.50 bits per heavy atom. The van der Waals surface area contributed by atoms with E-state index in [9.17, 15) is 10.2 Å². The Morgan fingerprint density at radius 2 is 1.15 bits per heavy atom. The summed E-state index contributed by atoms with van der Waals surface area (Å²) in [5.41, 5.74) is 5.61. The second-order valence-corrected chi connectivity index (χ2v) is 7.33. The predicted molar refractivity (Wildman–Crippen MR) is 110 cm³/mol. The Bertz CT molecular complexity index is 750. The highest BCUT2D eigenvalue weighted by atomic mass is 16.3. The molecule has 0 amide bonds. The van der Waals surface area contributed by atoms with Gasteiger partial charge in [-0.1, -0.05) is 47.5 Å². The molecule has 2 aromatic rings. The van der Waals surface area contributed by atoms with E-state index in [1.165, 1.54) is 0 Å². The molecular formula is C24H30O2. The first-order valence-corrected chi connectivity index (χ1v) is 9.12. The van der Waals surface area contributed by atoms with Crippen molar-refractivity contribution in [3.05, 3.63) is 83.0 Å². The number of hydrogen-bond acceptors (Lipinski definition) is 2. The second kappa shape index (κ2) is 8.27. The summed E-state index contributed by atoms with van der Waals surface area (Å²) in [5.74, 6) is 0.627. The van der Waals surface area contributed by atoms with Gasteiger partial charge < -0.3 is 10.2 Å². The highest BCUT2D eigenvalue weighted by Gasteiger charge is 2.29. The minimum absolute atomic E-state index is 0.136. The molecule has 2 N–H and O–H groups in total. The lowest BCUT2D eigenvalue weighted by molar-refractivity contribution is 0.411. The van der Waals surface area contributed by atoms with E-state index in [-0.39, 0.29) is 11.8 Å². The standard InChI is InChI=1S/C24H30O2/c1-7-9-19(10-8-2)22(20-13-15(3)11-17(5)23(20)25)21-14-16(4)12-18(6)24(21)26/h7-8,11-14,19,22,25-26H,1-2,9-10H2,3-6H3. The Morgan fingerprint density at radius 1 is 0.769 bits per heavy atom. The molecule has 0 atom stereocenters. The van der Waals surface area contributed by atoms with Gasteiger partial charge in [-0.15, -0.1) is 13.2 Å². The van der Waals surface area contributed by atoms with Crippen LogP contribution in [0.5, 0.6) is 11.5 Å². The Labute approximate surface area is 157 Å². The van der Waals surface area contributed by atoms with Gasteiger partial charge in [0.2, 0.25) is 0 Å². The fraction of sp³-hybridized carbons (Fsp3) is 0.333. The van der Waals surface area contributed by atoms with Gasteiger partial charge in [-0.3, -0.25) is 0 Å². The molecule has 0 aromatic heterocycles. The van der Waals surface area contributed by atoms with Crippen LogP contribution in [0, 0.1) is 33.6 Å². The van der Waals surface area contributed by atoms with Crippen LogP contribution in [0.25, 0.3) is 0 Å². The van der Waals surface area contributed by atoms with E-state index in [1.807, 2.05) is 64.1 Å². The average molecular weight is 351 g/mol. The van der Waals surface area contributed by atoms with Crippen LogP contribution in [-0.2, 0) is 0 Å². The first kappa shape index (κ1) is 19.8. The maximum atomic E-state index is 10.8. The van der Waals surface area contributed by atoms with E-state index in [4.69, 9.17) is 0 Å². The van der Waals surface area contributed by atoms with E-state index in [1.54, 1.807) is 0 Å². The van der Waals surface area contributed by atoms with Gasteiger partial charge in [0, 0.05) is 17.0 Å². The zero-order valence-electron chi connectivity index (χ0n) is 16.3. The van der Waals surface area contributed by atoms with Crippen molar-refractivity contribution in [3.63, 3.8) is 0 Å². The average Bonchev–Trinajstić information content (AvgIpc) is 2.56. The molecule has 2 aromatic carbocycles. The van der Waals surface area contributed by atoms with Crippen molar-refractivity contribution in [2.45, 2.75) is 46.5 Å². The number of allylic oxidation sites excluding steroid dienone is 2. The van der Waals surface area contributed by atoms with Crippen LogP contribution in [0.4, 0.5) is 0 Å². The lowest BCUT2D eigenvalue weighted by Crippen LogP contribution is -2.15. The van der Waals surface area contributed by atoms with E-state index in [2.05, 4.69) is 13.2 Å². The van der Waals surface area contributed by atoms with Gasteiger partial charge in [0.25, 0.3) is 0 Å². The summed E-state index contributed by atoms with van der Waals surface area (Å²) in [4.78, 5) is 0. The van der Waals surface area contributed by atoms with E-state index < -0.39 is 0 Å². The molecule has 0 bridgehead atoms. The van der Waals surface area contributed by atoms with E-state index in [0.29, 0.717) is 11.5 Å². The maximum Gasteiger partial charge on any atom is 0.122 e. The molecule has 0 heterocycles. The number of phenolic OH excluding ortho intramolecular Hbond substituents is 2. The molecule has 0 unspecified atom stereocenters. The second-order valence-electron chi connectivity index (χ2n) is 7.33. The number of hydrogen-bond donors (Lipinski definition) is 2. The molecule has 0 spiro atoms. The molecule has 0 aliphatic carbocycles. The number of aromatic hydroxyl groups is 2. The van der Waals surface area contributed by atoms with Gasteiger partial charge in [-0.25, -0.2) is 0 Å². The Kier molecular flexibility index (Phi) is 6.31. The third kappa shape index (κ3) is 4.01. The molecule has 138 valence electrons. The molecule has 0 saturated carbocycles. The van der Waals surface area contributed by atoms with Crippen LogP contribution in [0.3, 0.4) is 0 Å². The summed E-state index contributed by atoms with van der Waals surface area (Å²) >= 11 is 0. The minimum atomic E-state index is -0.136. The molecule has 2 rings (SSSR count). The SMILES string of the molecule is C=CCC(CC=C)C(c1cc(C)cc(C)c1O)c1cc(C)cc(C)c1O. The fourth-order valence-electron chi connectivity index (χ4n) is 3.93. The molecule has 0 aliphatic heterocycles. The molecule has 2 nitrogen and oxygen atoms in total. The Balaban J connectivity index is 2.79. The largest absolute Gasteiger partial charge is 0.507 e. The van der Waals surface area contributed by atoms with Crippen LogP contribution < -0.4 is 0 Å². The zero-order valence-corrected chi connectivity index (χ0v) is 16.3. The van der Waals surface area contributed by atoms with Crippen molar-refractivity contribution in [1.29, 1.82) is 0 Å². The topological polar surface area (TPSA) is 40.5 Å². The van der Waals surface area contributed by atoms with Crippen LogP contribution in [0.15, 0.2) is 49.6 Å². The summed E-state index contributed by atoms with van der Waals surface area (Å²) in [6, 6.07) is 8.02. The molecule has 0 aliphatic rings. The van der Waals surface area contributed by atoms with Gasteiger partial charge in [-0.05, 0) is 57.6 Å². The van der Waals surface area contributed by atoms with E-state index >= 15 is 0 Å². The third-order valence-corrected chi connectivity index (χ3v) is 5.03. The molecule has 0 fully saturated rings. The van der Waals surface area contributed by atoms with E-state index in [0.717, 1.165) is 46.2 Å². The summed E-state index contributed by atoms with van der Waals surface area (Å²) < 4.78 is 0. The van der Waals surface area contributed by atoms with Gasteiger partial charge in [0.05, 0.1) is 0 Å². The summed E-state index contributed by atoms with van der Waals surface area (Å²) in [5, 5.41) is 21.7. The van der Waals surface area contributed by atoms with Crippen LogP contribution >= 0.6 is 0 Å². The van der Waals surface area contributed by atoms with Gasteiger partial charge in [-0.2, -0.15) is 0 Å². The monoisotopic (exact) mass is 350 g/mol. The minimum Gasteiger partial charge on any atom is -0.507 e. The molecule has 0 radical (unpaired) electrons. The maximum absolute atomic E-state index is 10.8. The summed E-state index contributed by atoms with van der Waals surface area (Å²) in [6.07, 6.45) is 5.35. The van der Waals surface area contributed by atoms with Gasteiger partial charge >= 0.3 is 0 Å². The first-order valence-electron chi connectivity index (χ1n) is 9.12. The number of aryl methyl sites for hydroxylation is 4. The first-order chi connectivity index (χ1) is 12.3. The van der Waals surface area contributed by atoms with Crippen LogP contribution in [0.1, 0.15) is 52.1 Å². The van der Waals surface area contributed by atoms with Crippen molar-refractivity contribution in [2.75, 3.05) is 0 Å². The van der Waals surface area contributed by atoms with Crippen LogP contribution in [-0.4, -0.2) is 10.2 Å². The van der Waals surface area contributed by atoms with Crippen molar-refractivity contribution in [3.8, 4) is 11.5 Å². The lowest BCUT2D eigenvalue weighted by atomic mass is 9.75. The number of rotatable bonds is 7. The van der Waals surface area contributed by atoms with Gasteiger partial charge in [0.1, 0.15) is 11.5 Å². The lowest BCUT2D eigenvalue weighted by Gasteiger charge is -2.29. The van der Waals surface area contributed by atoms with Crippen molar-refractivity contribution >= 4 is 0 Å². The summed E-state index contributed by atoms with van der Waals surface area (Å²) in [7, 11) is 0. The third-order valence-electron chi connectivity index (χ3n) is 5.03. The van der Waals surface area contributed by atoms with Gasteiger partial charge in [0.15, 0.2) is 0 Å². The predicted octanol–water partition coefficient (Wildman–Crippen LogP) is 6.23. The van der Waals surface area contributed by atoms with Crippen molar-refractivity contribution < 1.29 is 10.2 Å². The van der Waals surface area contributed by atoms with Crippen molar-refractivity contribution in [1.82, 2.24) is 0 Å². The normalized spacial score (nSPS) is 11.2. The molecule has 2 heteroatoms. The smallest absolute Gasteiger partial charge is 0.122 e. The number of benzene rings is 2.